The summed E-state index contributed by atoms with van der Waals surface area (Å²) < 4.78 is 6.08. The van der Waals surface area contributed by atoms with Crippen LogP contribution in [0, 0.1) is 0 Å². The maximum absolute atomic E-state index is 6.08. The molecule has 108 valence electrons. The topological polar surface area (TPSA) is 49.9 Å². The lowest BCUT2D eigenvalue weighted by Gasteiger charge is -2.35. The van der Waals surface area contributed by atoms with Crippen LogP contribution < -0.4 is 5.32 Å². The van der Waals surface area contributed by atoms with E-state index >= 15 is 0 Å². The summed E-state index contributed by atoms with van der Waals surface area (Å²) in [6, 6.07) is 0. The first-order valence-corrected chi connectivity index (χ1v) is 7.70. The Hall–Kier alpha value is -0.870. The van der Waals surface area contributed by atoms with Gasteiger partial charge < -0.3 is 15.0 Å². The van der Waals surface area contributed by atoms with Crippen molar-refractivity contribution in [3.63, 3.8) is 0 Å². The van der Waals surface area contributed by atoms with E-state index in [1.165, 1.54) is 19.3 Å². The number of ether oxygens (including phenoxy) is 1. The zero-order valence-electron chi connectivity index (χ0n) is 12.3. The molecule has 1 aliphatic carbocycles. The molecule has 0 unspecified atom stereocenters. The van der Waals surface area contributed by atoms with Gasteiger partial charge in [-0.3, -0.25) is 0 Å². The van der Waals surface area contributed by atoms with Gasteiger partial charge in [0.25, 0.3) is 0 Å². The molecule has 0 saturated heterocycles. The van der Waals surface area contributed by atoms with Crippen molar-refractivity contribution in [2.24, 2.45) is 0 Å². The first-order valence-electron chi connectivity index (χ1n) is 7.70. The standard InChI is InChI=1S/C15H27N3O/c1-3-10-16-11-13-12-17-14(18-13)15(19-4-2)8-6-5-7-9-15/h12,16H,3-11H2,1-2H3,(H,17,18). The quantitative estimate of drug-likeness (QED) is 0.745. The van der Waals surface area contributed by atoms with E-state index in [2.05, 4.69) is 29.1 Å². The molecule has 1 fully saturated rings. The van der Waals surface area contributed by atoms with Crippen molar-refractivity contribution in [3.8, 4) is 0 Å². The fourth-order valence-corrected chi connectivity index (χ4v) is 2.93. The number of hydrogen-bond donors (Lipinski definition) is 2. The van der Waals surface area contributed by atoms with Gasteiger partial charge in [0.15, 0.2) is 0 Å². The van der Waals surface area contributed by atoms with Crippen molar-refractivity contribution in [2.75, 3.05) is 13.2 Å². The average molecular weight is 265 g/mol. The van der Waals surface area contributed by atoms with Gasteiger partial charge in [0.1, 0.15) is 11.4 Å². The van der Waals surface area contributed by atoms with Crippen LogP contribution in [0.15, 0.2) is 6.20 Å². The normalized spacial score (nSPS) is 18.6. The largest absolute Gasteiger partial charge is 0.367 e. The van der Waals surface area contributed by atoms with E-state index in [9.17, 15) is 0 Å². The van der Waals surface area contributed by atoms with Gasteiger partial charge in [0.05, 0.1) is 0 Å². The monoisotopic (exact) mass is 265 g/mol. The second-order valence-electron chi connectivity index (χ2n) is 5.42. The highest BCUT2D eigenvalue weighted by Crippen LogP contribution is 2.38. The Morgan fingerprint density at radius 3 is 2.79 bits per heavy atom. The number of nitrogens with one attached hydrogen (secondary N) is 2. The summed E-state index contributed by atoms with van der Waals surface area (Å²) in [5.74, 6) is 1.03. The van der Waals surface area contributed by atoms with Gasteiger partial charge in [-0.1, -0.05) is 26.2 Å². The summed E-state index contributed by atoms with van der Waals surface area (Å²) in [7, 11) is 0. The number of imidazole rings is 1. The number of aromatic nitrogens is 2. The molecule has 1 aromatic rings. The Morgan fingerprint density at radius 1 is 1.32 bits per heavy atom. The molecule has 0 atom stereocenters. The van der Waals surface area contributed by atoms with Crippen molar-refractivity contribution in [1.82, 2.24) is 15.3 Å². The molecule has 1 heterocycles. The third-order valence-electron chi connectivity index (χ3n) is 3.88. The summed E-state index contributed by atoms with van der Waals surface area (Å²) in [5.41, 5.74) is 1.00. The van der Waals surface area contributed by atoms with Crippen LogP contribution >= 0.6 is 0 Å². The number of nitrogens with zero attached hydrogens (tertiary/aromatic N) is 1. The number of rotatable bonds is 7. The van der Waals surface area contributed by atoms with Gasteiger partial charge in [-0.05, 0) is 32.7 Å². The zero-order chi connectivity index (χ0) is 13.6. The fourth-order valence-electron chi connectivity index (χ4n) is 2.93. The molecule has 0 amide bonds. The number of aromatic amines is 1. The van der Waals surface area contributed by atoms with E-state index < -0.39 is 0 Å². The minimum atomic E-state index is -0.157. The van der Waals surface area contributed by atoms with E-state index in [0.717, 1.165) is 50.5 Å². The lowest BCUT2D eigenvalue weighted by Crippen LogP contribution is -2.33. The second-order valence-corrected chi connectivity index (χ2v) is 5.42. The molecule has 1 saturated carbocycles. The summed E-state index contributed by atoms with van der Waals surface area (Å²) in [4.78, 5) is 8.06. The molecule has 1 aromatic heterocycles. The molecule has 0 spiro atoms. The van der Waals surface area contributed by atoms with Crippen LogP contribution in [-0.4, -0.2) is 23.1 Å². The molecule has 0 radical (unpaired) electrons. The molecular weight excluding hydrogens is 238 g/mol. The van der Waals surface area contributed by atoms with Crippen LogP contribution in [0.3, 0.4) is 0 Å². The molecule has 1 aliphatic rings. The van der Waals surface area contributed by atoms with Gasteiger partial charge in [0, 0.05) is 25.0 Å². The van der Waals surface area contributed by atoms with Crippen LogP contribution in [0.2, 0.25) is 0 Å². The SMILES string of the molecule is CCCNCc1cnc(C2(OCC)CCCCC2)[nH]1. The number of H-pyrrole nitrogens is 1. The lowest BCUT2D eigenvalue weighted by atomic mass is 9.84. The van der Waals surface area contributed by atoms with Crippen molar-refractivity contribution in [2.45, 2.75) is 64.5 Å². The van der Waals surface area contributed by atoms with Crippen LogP contribution in [0.5, 0.6) is 0 Å². The smallest absolute Gasteiger partial charge is 0.138 e. The van der Waals surface area contributed by atoms with Gasteiger partial charge in [-0.15, -0.1) is 0 Å². The van der Waals surface area contributed by atoms with E-state index in [1.807, 2.05) is 6.20 Å². The minimum Gasteiger partial charge on any atom is -0.367 e. The van der Waals surface area contributed by atoms with Gasteiger partial charge in [-0.2, -0.15) is 0 Å². The average Bonchev–Trinajstić information content (AvgIpc) is 2.90. The van der Waals surface area contributed by atoms with E-state index in [1.54, 1.807) is 0 Å². The molecule has 2 N–H and O–H groups in total. The van der Waals surface area contributed by atoms with Crippen LogP contribution in [0.25, 0.3) is 0 Å². The molecule has 0 bridgehead atoms. The Balaban J connectivity index is 2.04. The lowest BCUT2D eigenvalue weighted by molar-refractivity contribution is -0.0762. The Kier molecular flexibility index (Phi) is 5.40. The van der Waals surface area contributed by atoms with Crippen LogP contribution in [0.4, 0.5) is 0 Å². The first kappa shape index (κ1) is 14.5. The third kappa shape index (κ3) is 3.57. The molecular formula is C15H27N3O. The number of hydrogen-bond acceptors (Lipinski definition) is 3. The van der Waals surface area contributed by atoms with Crippen molar-refractivity contribution in [3.05, 3.63) is 17.7 Å². The Bertz CT molecular complexity index is 364. The van der Waals surface area contributed by atoms with Crippen LogP contribution in [-0.2, 0) is 16.9 Å². The van der Waals surface area contributed by atoms with Gasteiger partial charge in [0.2, 0.25) is 0 Å². The van der Waals surface area contributed by atoms with E-state index in [0.29, 0.717) is 0 Å². The molecule has 0 aromatic carbocycles. The maximum Gasteiger partial charge on any atom is 0.138 e. The van der Waals surface area contributed by atoms with Crippen molar-refractivity contribution in [1.29, 1.82) is 0 Å². The molecule has 0 aliphatic heterocycles. The summed E-state index contributed by atoms with van der Waals surface area (Å²) in [6.45, 7) is 6.92. The first-order chi connectivity index (χ1) is 9.30. The minimum absolute atomic E-state index is 0.157. The van der Waals surface area contributed by atoms with E-state index in [-0.39, 0.29) is 5.60 Å². The van der Waals surface area contributed by atoms with Gasteiger partial charge in [-0.25, -0.2) is 4.98 Å². The second kappa shape index (κ2) is 7.06. The molecule has 19 heavy (non-hydrogen) atoms. The highest BCUT2D eigenvalue weighted by atomic mass is 16.5. The molecule has 2 rings (SSSR count). The third-order valence-corrected chi connectivity index (χ3v) is 3.88. The predicted octanol–water partition coefficient (Wildman–Crippen LogP) is 3.11. The van der Waals surface area contributed by atoms with Crippen molar-refractivity contribution >= 4 is 0 Å². The Morgan fingerprint density at radius 2 is 2.11 bits per heavy atom. The van der Waals surface area contributed by atoms with E-state index in [4.69, 9.17) is 4.74 Å². The van der Waals surface area contributed by atoms with Gasteiger partial charge >= 0.3 is 0 Å². The Labute approximate surface area is 116 Å². The zero-order valence-corrected chi connectivity index (χ0v) is 12.3. The fraction of sp³-hybridized carbons (Fsp3) is 0.800. The van der Waals surface area contributed by atoms with Crippen molar-refractivity contribution < 1.29 is 4.74 Å². The highest BCUT2D eigenvalue weighted by Gasteiger charge is 2.37. The highest BCUT2D eigenvalue weighted by molar-refractivity contribution is 5.10. The maximum atomic E-state index is 6.08. The summed E-state index contributed by atoms with van der Waals surface area (Å²) >= 11 is 0. The predicted molar refractivity (Wildman–Crippen MR) is 77.0 cm³/mol. The molecule has 4 nitrogen and oxygen atoms in total. The summed E-state index contributed by atoms with van der Waals surface area (Å²) in [5, 5.41) is 3.40. The summed E-state index contributed by atoms with van der Waals surface area (Å²) in [6.07, 6.45) is 9.10. The molecule has 4 heteroatoms. The van der Waals surface area contributed by atoms with Crippen LogP contribution in [0.1, 0.15) is 63.9 Å².